The summed E-state index contributed by atoms with van der Waals surface area (Å²) in [5.74, 6) is -0.412. The number of ether oxygens (including phenoxy) is 2. The van der Waals surface area contributed by atoms with E-state index in [1.54, 1.807) is 20.0 Å². The molecule has 1 atom stereocenters. The highest BCUT2D eigenvalue weighted by atomic mass is 16.6. The Bertz CT molecular complexity index is 575. The molecule has 0 bridgehead atoms. The highest BCUT2D eigenvalue weighted by molar-refractivity contribution is 5.82. The van der Waals surface area contributed by atoms with Gasteiger partial charge in [-0.3, -0.25) is 0 Å². The Labute approximate surface area is 150 Å². The summed E-state index contributed by atoms with van der Waals surface area (Å²) in [5, 5.41) is 0. The first-order chi connectivity index (χ1) is 11.7. The number of amides is 1. The minimum absolute atomic E-state index is 0.264. The summed E-state index contributed by atoms with van der Waals surface area (Å²) in [5.41, 5.74) is 0.606. The molecule has 0 aliphatic carbocycles. The van der Waals surface area contributed by atoms with E-state index in [9.17, 15) is 9.59 Å². The summed E-state index contributed by atoms with van der Waals surface area (Å²) < 4.78 is 10.3. The molecule has 1 rings (SSSR count). The van der Waals surface area contributed by atoms with E-state index >= 15 is 0 Å². The summed E-state index contributed by atoms with van der Waals surface area (Å²) in [6, 6.07) is 9.75. The minimum atomic E-state index is -0.569. The molecule has 0 saturated carbocycles. The summed E-state index contributed by atoms with van der Waals surface area (Å²) >= 11 is 0. The largest absolute Gasteiger partial charge is 0.463 e. The summed E-state index contributed by atoms with van der Waals surface area (Å²) in [6.07, 6.45) is 4.12. The lowest BCUT2D eigenvalue weighted by Crippen LogP contribution is -2.40. The van der Waals surface area contributed by atoms with Crippen LogP contribution in [-0.4, -0.2) is 42.3 Å². The second-order valence-electron chi connectivity index (χ2n) is 6.79. The topological polar surface area (TPSA) is 55.8 Å². The maximum Gasteiger partial charge on any atom is 0.410 e. The van der Waals surface area contributed by atoms with Gasteiger partial charge in [-0.2, -0.15) is 0 Å². The van der Waals surface area contributed by atoms with Crippen LogP contribution in [0.3, 0.4) is 0 Å². The van der Waals surface area contributed by atoms with Crippen molar-refractivity contribution < 1.29 is 19.1 Å². The molecule has 0 aliphatic heterocycles. The summed E-state index contributed by atoms with van der Waals surface area (Å²) in [7, 11) is 1.68. The van der Waals surface area contributed by atoms with E-state index in [1.165, 1.54) is 16.5 Å². The van der Waals surface area contributed by atoms with Crippen molar-refractivity contribution in [3.05, 3.63) is 48.0 Å². The molecular formula is C20H29NO4. The van der Waals surface area contributed by atoms with E-state index in [-0.39, 0.29) is 6.04 Å². The number of carbonyl (C=O) groups excluding carboxylic acids is 2. The molecule has 0 heterocycles. The van der Waals surface area contributed by atoms with Crippen LogP contribution in [0.5, 0.6) is 0 Å². The van der Waals surface area contributed by atoms with Gasteiger partial charge < -0.3 is 14.4 Å². The van der Waals surface area contributed by atoms with Crippen LogP contribution in [0.15, 0.2) is 42.5 Å². The smallest absolute Gasteiger partial charge is 0.410 e. The monoisotopic (exact) mass is 347 g/mol. The predicted octanol–water partition coefficient (Wildman–Crippen LogP) is 3.97. The normalized spacial score (nSPS) is 12.7. The van der Waals surface area contributed by atoms with E-state index in [2.05, 4.69) is 0 Å². The average Bonchev–Trinajstić information content (AvgIpc) is 2.54. The highest BCUT2D eigenvalue weighted by Gasteiger charge is 2.24. The second kappa shape index (κ2) is 9.87. The SMILES string of the molecule is CCOC(=O)/C=C/C(CCc1ccccc1)N(C)C(=O)OC(C)(C)C. The molecule has 0 radical (unpaired) electrons. The van der Waals surface area contributed by atoms with Crippen LogP contribution in [-0.2, 0) is 20.7 Å². The lowest BCUT2D eigenvalue weighted by Gasteiger charge is -2.29. The van der Waals surface area contributed by atoms with Gasteiger partial charge in [0.05, 0.1) is 12.6 Å². The molecule has 0 aromatic heterocycles. The van der Waals surface area contributed by atoms with Crippen LogP contribution in [0.2, 0.25) is 0 Å². The van der Waals surface area contributed by atoms with Crippen molar-refractivity contribution in [2.75, 3.05) is 13.7 Å². The number of hydrogen-bond acceptors (Lipinski definition) is 4. The number of aryl methyl sites for hydroxylation is 1. The molecule has 138 valence electrons. The number of hydrogen-bond donors (Lipinski definition) is 0. The molecular weight excluding hydrogens is 318 g/mol. The Kier molecular flexibility index (Phi) is 8.19. The highest BCUT2D eigenvalue weighted by Crippen LogP contribution is 2.15. The number of rotatable bonds is 7. The van der Waals surface area contributed by atoms with Crippen molar-refractivity contribution in [1.29, 1.82) is 0 Å². The molecule has 0 fully saturated rings. The van der Waals surface area contributed by atoms with Crippen molar-refractivity contribution in [3.8, 4) is 0 Å². The lowest BCUT2D eigenvalue weighted by atomic mass is 10.0. The zero-order valence-corrected chi connectivity index (χ0v) is 15.8. The third-order valence-electron chi connectivity index (χ3n) is 3.49. The van der Waals surface area contributed by atoms with Gasteiger partial charge in [0, 0.05) is 13.1 Å². The molecule has 1 aromatic rings. The van der Waals surface area contributed by atoms with Crippen LogP contribution in [0.4, 0.5) is 4.79 Å². The van der Waals surface area contributed by atoms with Gasteiger partial charge >= 0.3 is 12.1 Å². The molecule has 0 spiro atoms. The Morgan fingerprint density at radius 2 is 1.84 bits per heavy atom. The molecule has 1 unspecified atom stereocenters. The molecule has 1 aromatic carbocycles. The van der Waals surface area contributed by atoms with Crippen LogP contribution in [0.25, 0.3) is 0 Å². The van der Waals surface area contributed by atoms with E-state index < -0.39 is 17.7 Å². The molecule has 0 saturated heterocycles. The van der Waals surface area contributed by atoms with Crippen LogP contribution >= 0.6 is 0 Å². The van der Waals surface area contributed by atoms with Crippen molar-refractivity contribution >= 4 is 12.1 Å². The van der Waals surface area contributed by atoms with Crippen molar-refractivity contribution in [2.24, 2.45) is 0 Å². The first-order valence-electron chi connectivity index (χ1n) is 8.57. The fraction of sp³-hybridized carbons (Fsp3) is 0.500. The van der Waals surface area contributed by atoms with Gasteiger partial charge in [-0.15, -0.1) is 0 Å². The van der Waals surface area contributed by atoms with Crippen LogP contribution in [0, 0.1) is 0 Å². The number of nitrogens with zero attached hydrogens (tertiary/aromatic N) is 1. The fourth-order valence-corrected chi connectivity index (χ4v) is 2.23. The van der Waals surface area contributed by atoms with Crippen molar-refractivity contribution in [3.63, 3.8) is 0 Å². The number of carbonyl (C=O) groups is 2. The van der Waals surface area contributed by atoms with Crippen LogP contribution < -0.4 is 0 Å². The maximum absolute atomic E-state index is 12.3. The van der Waals surface area contributed by atoms with Gasteiger partial charge in [-0.25, -0.2) is 9.59 Å². The van der Waals surface area contributed by atoms with Crippen molar-refractivity contribution in [1.82, 2.24) is 4.90 Å². The molecule has 1 amide bonds. The fourth-order valence-electron chi connectivity index (χ4n) is 2.23. The third kappa shape index (κ3) is 8.38. The Hall–Kier alpha value is -2.30. The van der Waals surface area contributed by atoms with Gasteiger partial charge in [-0.1, -0.05) is 36.4 Å². The van der Waals surface area contributed by atoms with Gasteiger partial charge in [-0.05, 0) is 46.1 Å². The average molecular weight is 347 g/mol. The summed E-state index contributed by atoms with van der Waals surface area (Å²) in [6.45, 7) is 7.55. The van der Waals surface area contributed by atoms with Gasteiger partial charge in [0.2, 0.25) is 0 Å². The van der Waals surface area contributed by atoms with Crippen LogP contribution in [0.1, 0.15) is 39.7 Å². The number of esters is 1. The van der Waals surface area contributed by atoms with E-state index in [4.69, 9.17) is 9.47 Å². The molecule has 0 N–H and O–H groups in total. The molecule has 5 heteroatoms. The Morgan fingerprint density at radius 1 is 1.20 bits per heavy atom. The number of benzene rings is 1. The van der Waals surface area contributed by atoms with Gasteiger partial charge in [0.25, 0.3) is 0 Å². The first kappa shape index (κ1) is 20.7. The third-order valence-corrected chi connectivity index (χ3v) is 3.49. The first-order valence-corrected chi connectivity index (χ1v) is 8.57. The lowest BCUT2D eigenvalue weighted by molar-refractivity contribution is -0.137. The molecule has 25 heavy (non-hydrogen) atoms. The minimum Gasteiger partial charge on any atom is -0.463 e. The second-order valence-corrected chi connectivity index (χ2v) is 6.79. The number of likely N-dealkylation sites (N-methyl/N-ethyl adjacent to an activating group) is 1. The zero-order valence-electron chi connectivity index (χ0n) is 15.8. The standard InChI is InChI=1S/C20H29NO4/c1-6-24-18(22)15-14-17(13-12-16-10-8-7-9-11-16)21(5)19(23)25-20(2,3)4/h7-11,14-15,17H,6,12-13H2,1-5H3/b15-14+. The van der Waals surface area contributed by atoms with E-state index in [0.29, 0.717) is 13.0 Å². The molecule has 0 aliphatic rings. The van der Waals surface area contributed by atoms with E-state index in [1.807, 2.05) is 51.1 Å². The van der Waals surface area contributed by atoms with Gasteiger partial charge in [0.15, 0.2) is 0 Å². The van der Waals surface area contributed by atoms with E-state index in [0.717, 1.165) is 6.42 Å². The quantitative estimate of drug-likeness (QED) is 0.553. The maximum atomic E-state index is 12.3. The Balaban J connectivity index is 2.82. The predicted molar refractivity (Wildman–Crippen MR) is 98.3 cm³/mol. The Morgan fingerprint density at radius 3 is 2.40 bits per heavy atom. The zero-order chi connectivity index (χ0) is 18.9. The summed E-state index contributed by atoms with van der Waals surface area (Å²) in [4.78, 5) is 25.5. The van der Waals surface area contributed by atoms with Crippen molar-refractivity contribution in [2.45, 2.75) is 52.2 Å². The molecule has 5 nitrogen and oxygen atoms in total. The van der Waals surface area contributed by atoms with Gasteiger partial charge in [0.1, 0.15) is 5.60 Å².